The number of rotatable bonds is 1. The Balaban J connectivity index is 2.26. The number of alkyl halides is 3. The average molecular weight is 337 g/mol. The maximum atomic E-state index is 12.6. The zero-order valence-electron chi connectivity index (χ0n) is 10.5. The molecule has 106 valence electrons. The molecule has 2 rings (SSSR count). The lowest BCUT2D eigenvalue weighted by Crippen LogP contribution is -2.46. The molecule has 0 aromatic heterocycles. The first kappa shape index (κ1) is 14.7. The minimum atomic E-state index is -4.31. The van der Waals surface area contributed by atoms with E-state index in [4.69, 9.17) is 5.73 Å². The lowest BCUT2D eigenvalue weighted by atomic mass is 9.96. The lowest BCUT2D eigenvalue weighted by Gasteiger charge is -2.37. The van der Waals surface area contributed by atoms with Crippen molar-refractivity contribution in [3.8, 4) is 0 Å². The van der Waals surface area contributed by atoms with Crippen LogP contribution in [0.1, 0.15) is 18.9 Å². The third kappa shape index (κ3) is 3.42. The summed E-state index contributed by atoms with van der Waals surface area (Å²) in [5.41, 5.74) is 6.10. The van der Waals surface area contributed by atoms with Crippen LogP contribution in [0.4, 0.5) is 18.9 Å². The Hall–Kier alpha value is -0.750. The molecule has 0 bridgehead atoms. The molecule has 0 spiro atoms. The van der Waals surface area contributed by atoms with E-state index in [-0.39, 0.29) is 6.04 Å². The molecule has 2 nitrogen and oxygen atoms in total. The summed E-state index contributed by atoms with van der Waals surface area (Å²) in [5.74, 6) is 0.443. The molecule has 1 heterocycles. The summed E-state index contributed by atoms with van der Waals surface area (Å²) in [6.07, 6.45) is -3.36. The number of nitrogens with zero attached hydrogens (tertiary/aromatic N) is 1. The van der Waals surface area contributed by atoms with Gasteiger partial charge in [-0.1, -0.05) is 6.92 Å². The van der Waals surface area contributed by atoms with Gasteiger partial charge < -0.3 is 10.6 Å². The molecule has 1 aromatic carbocycles. The molecule has 2 N–H and O–H groups in total. The van der Waals surface area contributed by atoms with Gasteiger partial charge >= 0.3 is 6.18 Å². The van der Waals surface area contributed by atoms with E-state index in [0.29, 0.717) is 16.9 Å². The van der Waals surface area contributed by atoms with Crippen molar-refractivity contribution in [2.24, 2.45) is 11.7 Å². The molecule has 0 saturated carbocycles. The zero-order valence-corrected chi connectivity index (χ0v) is 12.1. The van der Waals surface area contributed by atoms with Gasteiger partial charge in [0, 0.05) is 23.6 Å². The van der Waals surface area contributed by atoms with Gasteiger partial charge in [-0.2, -0.15) is 13.2 Å². The Morgan fingerprint density at radius 2 is 2.00 bits per heavy atom. The molecule has 1 aromatic rings. The predicted octanol–water partition coefficient (Wildman–Crippen LogP) is 3.64. The minimum absolute atomic E-state index is 0.0675. The van der Waals surface area contributed by atoms with E-state index in [9.17, 15) is 13.2 Å². The molecule has 1 saturated heterocycles. The summed E-state index contributed by atoms with van der Waals surface area (Å²) in [6, 6.07) is 3.82. The second kappa shape index (κ2) is 5.32. The van der Waals surface area contributed by atoms with Crippen LogP contribution in [-0.2, 0) is 6.18 Å². The van der Waals surface area contributed by atoms with Crippen molar-refractivity contribution in [3.63, 3.8) is 0 Å². The highest BCUT2D eigenvalue weighted by Gasteiger charge is 2.31. The Morgan fingerprint density at radius 1 is 1.32 bits per heavy atom. The molecule has 2 unspecified atom stereocenters. The van der Waals surface area contributed by atoms with Gasteiger partial charge in [0.1, 0.15) is 0 Å². The molecule has 19 heavy (non-hydrogen) atoms. The Labute approximate surface area is 118 Å². The molecule has 6 heteroatoms. The Bertz CT molecular complexity index is 452. The van der Waals surface area contributed by atoms with Crippen molar-refractivity contribution in [2.75, 3.05) is 18.0 Å². The van der Waals surface area contributed by atoms with Crippen molar-refractivity contribution in [1.29, 1.82) is 0 Å². The molecular formula is C13H16BrF3N2. The average Bonchev–Trinajstić information content (AvgIpc) is 2.26. The maximum Gasteiger partial charge on any atom is 0.416 e. The first-order chi connectivity index (χ1) is 8.77. The van der Waals surface area contributed by atoms with Crippen molar-refractivity contribution in [3.05, 3.63) is 28.2 Å². The van der Waals surface area contributed by atoms with Crippen LogP contribution < -0.4 is 10.6 Å². The number of piperidine rings is 1. The van der Waals surface area contributed by atoms with Crippen LogP contribution in [0, 0.1) is 5.92 Å². The first-order valence-electron chi connectivity index (χ1n) is 6.14. The molecule has 1 fully saturated rings. The number of halogens is 4. The summed E-state index contributed by atoms with van der Waals surface area (Å²) in [7, 11) is 0. The molecule has 0 radical (unpaired) electrons. The highest BCUT2D eigenvalue weighted by atomic mass is 79.9. The fourth-order valence-electron chi connectivity index (χ4n) is 2.54. The largest absolute Gasteiger partial charge is 0.416 e. The minimum Gasteiger partial charge on any atom is -0.369 e. The topological polar surface area (TPSA) is 29.3 Å². The van der Waals surface area contributed by atoms with E-state index in [1.807, 2.05) is 4.90 Å². The fourth-order valence-corrected chi connectivity index (χ4v) is 3.17. The van der Waals surface area contributed by atoms with E-state index in [1.54, 1.807) is 0 Å². The van der Waals surface area contributed by atoms with E-state index in [0.717, 1.165) is 30.8 Å². The summed E-state index contributed by atoms with van der Waals surface area (Å²) >= 11 is 3.23. The van der Waals surface area contributed by atoms with Crippen LogP contribution in [0.2, 0.25) is 0 Å². The highest BCUT2D eigenvalue weighted by molar-refractivity contribution is 9.10. The van der Waals surface area contributed by atoms with Gasteiger partial charge in [-0.25, -0.2) is 0 Å². The second-order valence-corrected chi connectivity index (χ2v) is 6.02. The van der Waals surface area contributed by atoms with E-state index in [2.05, 4.69) is 22.9 Å². The van der Waals surface area contributed by atoms with Gasteiger partial charge in [0.2, 0.25) is 0 Å². The van der Waals surface area contributed by atoms with Crippen LogP contribution >= 0.6 is 15.9 Å². The fraction of sp³-hybridized carbons (Fsp3) is 0.538. The van der Waals surface area contributed by atoms with Gasteiger partial charge in [-0.05, 0) is 46.5 Å². The molecule has 1 aliphatic rings. The lowest BCUT2D eigenvalue weighted by molar-refractivity contribution is -0.137. The van der Waals surface area contributed by atoms with E-state index in [1.165, 1.54) is 6.07 Å². The van der Waals surface area contributed by atoms with Gasteiger partial charge in [-0.15, -0.1) is 0 Å². The van der Waals surface area contributed by atoms with Crippen molar-refractivity contribution in [1.82, 2.24) is 0 Å². The van der Waals surface area contributed by atoms with Crippen molar-refractivity contribution < 1.29 is 13.2 Å². The maximum absolute atomic E-state index is 12.6. The Morgan fingerprint density at radius 3 is 2.53 bits per heavy atom. The SMILES string of the molecule is CC1CC(N)CN(c2ccc(C(F)(F)F)cc2Br)C1. The monoisotopic (exact) mass is 336 g/mol. The van der Waals surface area contributed by atoms with Gasteiger partial charge in [0.15, 0.2) is 0 Å². The zero-order chi connectivity index (χ0) is 14.2. The Kier molecular flexibility index (Phi) is 4.11. The second-order valence-electron chi connectivity index (χ2n) is 5.17. The highest BCUT2D eigenvalue weighted by Crippen LogP contribution is 2.36. The van der Waals surface area contributed by atoms with Crippen molar-refractivity contribution in [2.45, 2.75) is 25.6 Å². The van der Waals surface area contributed by atoms with E-state index < -0.39 is 11.7 Å². The van der Waals surface area contributed by atoms with Crippen LogP contribution in [0.25, 0.3) is 0 Å². The number of nitrogens with two attached hydrogens (primary N) is 1. The van der Waals surface area contributed by atoms with Crippen molar-refractivity contribution >= 4 is 21.6 Å². The van der Waals surface area contributed by atoms with Gasteiger partial charge in [0.25, 0.3) is 0 Å². The van der Waals surface area contributed by atoms with Crippen LogP contribution in [0.5, 0.6) is 0 Å². The third-order valence-corrected chi connectivity index (χ3v) is 3.94. The summed E-state index contributed by atoms with van der Waals surface area (Å²) in [5, 5.41) is 0. The quantitative estimate of drug-likeness (QED) is 0.848. The molecule has 0 aliphatic carbocycles. The van der Waals surface area contributed by atoms with Crippen LogP contribution in [-0.4, -0.2) is 19.1 Å². The normalized spacial score (nSPS) is 24.6. The van der Waals surface area contributed by atoms with Gasteiger partial charge in [-0.3, -0.25) is 0 Å². The molecule has 2 atom stereocenters. The van der Waals surface area contributed by atoms with E-state index >= 15 is 0 Å². The summed E-state index contributed by atoms with van der Waals surface area (Å²) in [4.78, 5) is 2.04. The molecule has 1 aliphatic heterocycles. The predicted molar refractivity (Wildman–Crippen MR) is 73.1 cm³/mol. The summed E-state index contributed by atoms with van der Waals surface area (Å²) in [6.45, 7) is 3.59. The van der Waals surface area contributed by atoms with Crippen LogP contribution in [0.3, 0.4) is 0 Å². The third-order valence-electron chi connectivity index (χ3n) is 3.31. The number of benzene rings is 1. The summed E-state index contributed by atoms with van der Waals surface area (Å²) < 4.78 is 38.3. The smallest absolute Gasteiger partial charge is 0.369 e. The number of hydrogen-bond donors (Lipinski definition) is 1. The molecule has 0 amide bonds. The number of anilines is 1. The van der Waals surface area contributed by atoms with Crippen LogP contribution in [0.15, 0.2) is 22.7 Å². The van der Waals surface area contributed by atoms with Gasteiger partial charge in [0.05, 0.1) is 11.3 Å². The molecular weight excluding hydrogens is 321 g/mol. The standard InChI is InChI=1S/C13H16BrF3N2/c1-8-4-10(18)7-19(6-8)12-3-2-9(5-11(12)14)13(15,16)17/h2-3,5,8,10H,4,6-7,18H2,1H3. The first-order valence-corrected chi connectivity index (χ1v) is 6.94. The number of hydrogen-bond acceptors (Lipinski definition) is 2.